The molecule has 0 bridgehead atoms. The molecule has 2 rings (SSSR count). The van der Waals surface area contributed by atoms with Crippen LogP contribution in [-0.4, -0.2) is 15.6 Å². The number of aryl methyl sites for hydroxylation is 1. The predicted molar refractivity (Wildman–Crippen MR) is 79.6 cm³/mol. The molecule has 0 amide bonds. The van der Waals surface area contributed by atoms with Gasteiger partial charge in [0.1, 0.15) is 0 Å². The summed E-state index contributed by atoms with van der Waals surface area (Å²) in [4.78, 5) is 4.34. The van der Waals surface area contributed by atoms with Crippen molar-refractivity contribution in [1.82, 2.24) is 9.55 Å². The first-order valence-electron chi connectivity index (χ1n) is 5.73. The highest BCUT2D eigenvalue weighted by Gasteiger charge is 2.19. The fourth-order valence-corrected chi connectivity index (χ4v) is 3.23. The molecule has 0 spiro atoms. The smallest absolute Gasteiger partial charge is 0.168 e. The molecule has 96 valence electrons. The molecule has 1 aromatic carbocycles. The van der Waals surface area contributed by atoms with Crippen LogP contribution in [0.3, 0.4) is 0 Å². The number of nitrogens with two attached hydrogens (primary N) is 1. The average Bonchev–Trinajstić information content (AvgIpc) is 2.71. The highest BCUT2D eigenvalue weighted by Crippen LogP contribution is 2.36. The van der Waals surface area contributed by atoms with E-state index in [2.05, 4.69) is 33.0 Å². The van der Waals surface area contributed by atoms with Crippen LogP contribution in [0.25, 0.3) is 0 Å². The Bertz CT molecular complexity index is 524. The van der Waals surface area contributed by atoms with Gasteiger partial charge in [-0.15, -0.1) is 0 Å². The number of aromatic nitrogens is 2. The van der Waals surface area contributed by atoms with Crippen LogP contribution in [0.2, 0.25) is 0 Å². The van der Waals surface area contributed by atoms with Crippen LogP contribution in [0, 0.1) is 0 Å². The van der Waals surface area contributed by atoms with Crippen molar-refractivity contribution in [3.8, 4) is 0 Å². The highest BCUT2D eigenvalue weighted by molar-refractivity contribution is 9.10. The zero-order valence-electron chi connectivity index (χ0n) is 10.4. The Kier molecular flexibility index (Phi) is 4.48. The van der Waals surface area contributed by atoms with Crippen molar-refractivity contribution in [3.05, 3.63) is 46.7 Å². The van der Waals surface area contributed by atoms with Crippen LogP contribution in [0.15, 0.2) is 46.3 Å². The molecule has 0 aliphatic heterocycles. The summed E-state index contributed by atoms with van der Waals surface area (Å²) in [5.41, 5.74) is 7.33. The molecule has 0 saturated heterocycles. The van der Waals surface area contributed by atoms with Crippen molar-refractivity contribution in [2.75, 3.05) is 0 Å². The SMILES string of the molecule is CC(N)C(Sc1nccn1C)c1cccc(Br)c1. The normalized spacial score (nSPS) is 14.4. The zero-order chi connectivity index (χ0) is 13.1. The van der Waals surface area contributed by atoms with Crippen LogP contribution in [0.4, 0.5) is 0 Å². The Morgan fingerprint density at radius 3 is 2.78 bits per heavy atom. The Morgan fingerprint density at radius 2 is 2.22 bits per heavy atom. The van der Waals surface area contributed by atoms with Crippen molar-refractivity contribution in [3.63, 3.8) is 0 Å². The number of halogens is 1. The third-order valence-corrected chi connectivity index (χ3v) is 4.72. The lowest BCUT2D eigenvalue weighted by Gasteiger charge is -2.20. The average molecular weight is 326 g/mol. The summed E-state index contributed by atoms with van der Waals surface area (Å²) in [7, 11) is 1.99. The summed E-state index contributed by atoms with van der Waals surface area (Å²) in [5.74, 6) is 0. The summed E-state index contributed by atoms with van der Waals surface area (Å²) in [5, 5.41) is 1.18. The number of benzene rings is 1. The lowest BCUT2D eigenvalue weighted by atomic mass is 10.1. The summed E-state index contributed by atoms with van der Waals surface area (Å²) < 4.78 is 3.09. The molecule has 18 heavy (non-hydrogen) atoms. The number of imidazole rings is 1. The molecular weight excluding hydrogens is 310 g/mol. The Balaban J connectivity index is 2.27. The van der Waals surface area contributed by atoms with Crippen LogP contribution in [0.1, 0.15) is 17.7 Å². The molecule has 3 nitrogen and oxygen atoms in total. The second-order valence-corrected chi connectivity index (χ2v) is 6.30. The molecule has 1 aromatic heterocycles. The summed E-state index contributed by atoms with van der Waals surface area (Å²) in [6.45, 7) is 2.03. The summed E-state index contributed by atoms with van der Waals surface area (Å²) in [6, 6.07) is 8.33. The van der Waals surface area contributed by atoms with E-state index < -0.39 is 0 Å². The van der Waals surface area contributed by atoms with Gasteiger partial charge in [0.2, 0.25) is 0 Å². The van der Waals surface area contributed by atoms with Crippen LogP contribution < -0.4 is 5.73 Å². The first kappa shape index (κ1) is 13.6. The fraction of sp³-hybridized carbons (Fsp3) is 0.308. The summed E-state index contributed by atoms with van der Waals surface area (Å²) >= 11 is 5.20. The second-order valence-electron chi connectivity index (χ2n) is 4.27. The van der Waals surface area contributed by atoms with E-state index in [4.69, 9.17) is 5.73 Å². The first-order valence-corrected chi connectivity index (χ1v) is 7.40. The zero-order valence-corrected chi connectivity index (χ0v) is 12.8. The van der Waals surface area contributed by atoms with Gasteiger partial charge >= 0.3 is 0 Å². The van der Waals surface area contributed by atoms with Crippen LogP contribution in [-0.2, 0) is 7.05 Å². The van der Waals surface area contributed by atoms with Crippen molar-refractivity contribution in [2.24, 2.45) is 12.8 Å². The van der Waals surface area contributed by atoms with E-state index >= 15 is 0 Å². The molecule has 1 heterocycles. The van der Waals surface area contributed by atoms with E-state index in [1.54, 1.807) is 11.8 Å². The quantitative estimate of drug-likeness (QED) is 0.876. The fourth-order valence-electron chi connectivity index (χ4n) is 1.74. The highest BCUT2D eigenvalue weighted by atomic mass is 79.9. The maximum atomic E-state index is 6.11. The van der Waals surface area contributed by atoms with E-state index in [1.165, 1.54) is 5.56 Å². The molecule has 2 unspecified atom stereocenters. The van der Waals surface area contributed by atoms with E-state index in [1.807, 2.05) is 43.1 Å². The van der Waals surface area contributed by atoms with Crippen LogP contribution >= 0.6 is 27.7 Å². The Hall–Kier alpha value is -0.780. The summed E-state index contributed by atoms with van der Waals surface area (Å²) in [6.07, 6.45) is 3.75. The maximum Gasteiger partial charge on any atom is 0.168 e. The van der Waals surface area contributed by atoms with Gasteiger partial charge < -0.3 is 10.3 Å². The van der Waals surface area contributed by atoms with Gasteiger partial charge in [0.25, 0.3) is 0 Å². The lowest BCUT2D eigenvalue weighted by molar-refractivity contribution is 0.710. The van der Waals surface area contributed by atoms with E-state index in [-0.39, 0.29) is 11.3 Å². The topological polar surface area (TPSA) is 43.8 Å². The molecule has 2 aromatic rings. The number of nitrogens with zero attached hydrogens (tertiary/aromatic N) is 2. The Morgan fingerprint density at radius 1 is 1.44 bits per heavy atom. The molecule has 0 saturated carbocycles. The third kappa shape index (κ3) is 3.16. The second kappa shape index (κ2) is 5.91. The number of thioether (sulfide) groups is 1. The molecule has 0 fully saturated rings. The van der Waals surface area contributed by atoms with Crippen molar-refractivity contribution >= 4 is 27.7 Å². The lowest BCUT2D eigenvalue weighted by Crippen LogP contribution is -2.22. The minimum absolute atomic E-state index is 0.0565. The minimum atomic E-state index is 0.0565. The van der Waals surface area contributed by atoms with Gasteiger partial charge in [0, 0.05) is 30.0 Å². The van der Waals surface area contributed by atoms with Gasteiger partial charge in [-0.1, -0.05) is 39.8 Å². The molecule has 0 radical (unpaired) electrons. The van der Waals surface area contributed by atoms with Crippen LogP contribution in [0.5, 0.6) is 0 Å². The number of hydrogen-bond donors (Lipinski definition) is 1. The predicted octanol–water partition coefficient (Wildman–Crippen LogP) is 3.36. The Labute approximate surface area is 120 Å². The van der Waals surface area contributed by atoms with Gasteiger partial charge in [-0.25, -0.2) is 4.98 Å². The number of hydrogen-bond acceptors (Lipinski definition) is 3. The van der Waals surface area contributed by atoms with E-state index in [0.717, 1.165) is 9.63 Å². The molecule has 2 N–H and O–H groups in total. The third-order valence-electron chi connectivity index (χ3n) is 2.66. The molecular formula is C13H16BrN3S. The molecule has 2 atom stereocenters. The first-order chi connectivity index (χ1) is 8.58. The van der Waals surface area contributed by atoms with Crippen molar-refractivity contribution < 1.29 is 0 Å². The van der Waals surface area contributed by atoms with Gasteiger partial charge in [-0.3, -0.25) is 0 Å². The van der Waals surface area contributed by atoms with Gasteiger partial charge in [-0.05, 0) is 24.6 Å². The molecule has 5 heteroatoms. The minimum Gasteiger partial charge on any atom is -0.329 e. The van der Waals surface area contributed by atoms with Gasteiger partial charge in [0.05, 0.1) is 5.25 Å². The van der Waals surface area contributed by atoms with E-state index in [9.17, 15) is 0 Å². The maximum absolute atomic E-state index is 6.11. The standard InChI is InChI=1S/C13H16BrN3S/c1-9(15)12(10-4-3-5-11(14)8-10)18-13-16-6-7-17(13)2/h3-9,12H,15H2,1-2H3. The van der Waals surface area contributed by atoms with Crippen molar-refractivity contribution in [2.45, 2.75) is 23.4 Å². The largest absolute Gasteiger partial charge is 0.329 e. The van der Waals surface area contributed by atoms with Gasteiger partial charge in [0.15, 0.2) is 5.16 Å². The van der Waals surface area contributed by atoms with Gasteiger partial charge in [-0.2, -0.15) is 0 Å². The molecule has 0 aliphatic rings. The monoisotopic (exact) mass is 325 g/mol. The van der Waals surface area contributed by atoms with Crippen molar-refractivity contribution in [1.29, 1.82) is 0 Å². The molecule has 0 aliphatic carbocycles. The van der Waals surface area contributed by atoms with E-state index in [0.29, 0.717) is 0 Å². The number of rotatable bonds is 4.